The summed E-state index contributed by atoms with van der Waals surface area (Å²) in [6, 6.07) is 5.54. The van der Waals surface area contributed by atoms with Crippen LogP contribution in [0.2, 0.25) is 0 Å². The summed E-state index contributed by atoms with van der Waals surface area (Å²) in [4.78, 5) is 14.0. The van der Waals surface area contributed by atoms with E-state index < -0.39 is 0 Å². The van der Waals surface area contributed by atoms with Crippen molar-refractivity contribution in [3.05, 3.63) is 23.8 Å². The zero-order valence-electron chi connectivity index (χ0n) is 12.1. The molecule has 1 aliphatic heterocycles. The minimum atomic E-state index is -0.134. The zero-order chi connectivity index (χ0) is 14.5. The molecule has 1 saturated heterocycles. The number of urea groups is 1. The summed E-state index contributed by atoms with van der Waals surface area (Å²) in [5.41, 5.74) is 1.76. The molecular weight excluding hydrogens is 256 g/mol. The first-order chi connectivity index (χ1) is 9.63. The van der Waals surface area contributed by atoms with Crippen LogP contribution in [0, 0.1) is 12.8 Å². The Hall–Kier alpha value is -1.75. The lowest BCUT2D eigenvalue weighted by Crippen LogP contribution is -2.43. The number of aliphatic hydroxyl groups excluding tert-OH is 1. The SMILES string of the molecule is COc1cc(C)ccc1NC(=O)N1CCCC(CO)C1. The van der Waals surface area contributed by atoms with E-state index in [0.29, 0.717) is 18.0 Å². The molecule has 1 fully saturated rings. The summed E-state index contributed by atoms with van der Waals surface area (Å²) in [5.74, 6) is 0.850. The standard InChI is InChI=1S/C15H22N2O3/c1-11-5-6-13(14(8-11)20-2)16-15(19)17-7-3-4-12(9-17)10-18/h5-6,8,12,18H,3-4,7,9-10H2,1-2H3,(H,16,19). The predicted octanol–water partition coefficient (Wildman–Crippen LogP) is 2.24. The van der Waals surface area contributed by atoms with Crippen LogP contribution in [0.4, 0.5) is 10.5 Å². The molecule has 2 rings (SSSR count). The number of methoxy groups -OCH3 is 1. The Morgan fingerprint density at radius 3 is 3.05 bits per heavy atom. The fourth-order valence-electron chi connectivity index (χ4n) is 2.49. The Morgan fingerprint density at radius 2 is 2.35 bits per heavy atom. The van der Waals surface area contributed by atoms with Crippen LogP contribution in [0.5, 0.6) is 5.75 Å². The first-order valence-corrected chi connectivity index (χ1v) is 6.95. The van der Waals surface area contributed by atoms with Crippen molar-refractivity contribution in [2.75, 3.05) is 32.1 Å². The zero-order valence-corrected chi connectivity index (χ0v) is 12.1. The Morgan fingerprint density at radius 1 is 1.55 bits per heavy atom. The normalized spacial score (nSPS) is 18.8. The second kappa shape index (κ2) is 6.61. The lowest BCUT2D eigenvalue weighted by molar-refractivity contribution is 0.136. The summed E-state index contributed by atoms with van der Waals surface area (Å²) in [6.07, 6.45) is 1.91. The summed E-state index contributed by atoms with van der Waals surface area (Å²) in [7, 11) is 1.59. The summed E-state index contributed by atoms with van der Waals surface area (Å²) in [5, 5.41) is 12.1. The van der Waals surface area contributed by atoms with E-state index in [1.807, 2.05) is 25.1 Å². The Balaban J connectivity index is 2.04. The van der Waals surface area contributed by atoms with E-state index >= 15 is 0 Å². The number of amides is 2. The largest absolute Gasteiger partial charge is 0.495 e. The molecule has 2 amide bonds. The molecular formula is C15H22N2O3. The average Bonchev–Trinajstić information content (AvgIpc) is 2.49. The minimum absolute atomic E-state index is 0.134. The second-order valence-electron chi connectivity index (χ2n) is 5.27. The maximum atomic E-state index is 12.3. The molecule has 2 N–H and O–H groups in total. The fraction of sp³-hybridized carbons (Fsp3) is 0.533. The molecule has 1 atom stereocenters. The monoisotopic (exact) mass is 278 g/mol. The molecule has 5 nitrogen and oxygen atoms in total. The van der Waals surface area contributed by atoms with Gasteiger partial charge >= 0.3 is 6.03 Å². The number of benzene rings is 1. The third-order valence-electron chi connectivity index (χ3n) is 3.66. The third-order valence-corrected chi connectivity index (χ3v) is 3.66. The number of carbonyl (C=O) groups is 1. The van der Waals surface area contributed by atoms with Gasteiger partial charge in [-0.2, -0.15) is 0 Å². The first kappa shape index (κ1) is 14.7. The second-order valence-corrected chi connectivity index (χ2v) is 5.27. The number of nitrogens with one attached hydrogen (secondary N) is 1. The number of rotatable bonds is 3. The number of hydrogen-bond acceptors (Lipinski definition) is 3. The molecule has 0 aliphatic carbocycles. The number of aliphatic hydroxyl groups is 1. The number of anilines is 1. The van der Waals surface area contributed by atoms with E-state index in [-0.39, 0.29) is 18.6 Å². The molecule has 20 heavy (non-hydrogen) atoms. The van der Waals surface area contributed by atoms with E-state index in [1.165, 1.54) is 0 Å². The van der Waals surface area contributed by atoms with Gasteiger partial charge in [-0.15, -0.1) is 0 Å². The average molecular weight is 278 g/mol. The fourth-order valence-corrected chi connectivity index (χ4v) is 2.49. The van der Waals surface area contributed by atoms with Crippen LogP contribution >= 0.6 is 0 Å². The van der Waals surface area contributed by atoms with Gasteiger partial charge in [0.1, 0.15) is 5.75 Å². The number of piperidine rings is 1. The topological polar surface area (TPSA) is 61.8 Å². The van der Waals surface area contributed by atoms with Crippen LogP contribution < -0.4 is 10.1 Å². The summed E-state index contributed by atoms with van der Waals surface area (Å²) < 4.78 is 5.28. The molecule has 5 heteroatoms. The highest BCUT2D eigenvalue weighted by Crippen LogP contribution is 2.26. The van der Waals surface area contributed by atoms with Gasteiger partial charge in [-0.05, 0) is 43.4 Å². The van der Waals surface area contributed by atoms with Crippen molar-refractivity contribution in [2.24, 2.45) is 5.92 Å². The van der Waals surface area contributed by atoms with Crippen molar-refractivity contribution < 1.29 is 14.6 Å². The lowest BCUT2D eigenvalue weighted by Gasteiger charge is -2.32. The van der Waals surface area contributed by atoms with Gasteiger partial charge < -0.3 is 20.1 Å². The number of ether oxygens (including phenoxy) is 1. The Bertz CT molecular complexity index is 476. The highest BCUT2D eigenvalue weighted by Gasteiger charge is 2.23. The molecule has 110 valence electrons. The molecule has 1 heterocycles. The minimum Gasteiger partial charge on any atom is -0.495 e. The quantitative estimate of drug-likeness (QED) is 0.891. The van der Waals surface area contributed by atoms with Crippen LogP contribution in [-0.4, -0.2) is 42.8 Å². The highest BCUT2D eigenvalue weighted by atomic mass is 16.5. The van der Waals surface area contributed by atoms with Gasteiger partial charge in [0.05, 0.1) is 12.8 Å². The predicted molar refractivity (Wildman–Crippen MR) is 78.1 cm³/mol. The molecule has 0 aromatic heterocycles. The van der Waals surface area contributed by atoms with Crippen LogP contribution in [0.25, 0.3) is 0 Å². The lowest BCUT2D eigenvalue weighted by atomic mass is 9.99. The number of hydrogen-bond donors (Lipinski definition) is 2. The van der Waals surface area contributed by atoms with Crippen molar-refractivity contribution >= 4 is 11.7 Å². The van der Waals surface area contributed by atoms with Gasteiger partial charge in [0.15, 0.2) is 0 Å². The maximum absolute atomic E-state index is 12.3. The molecule has 1 aliphatic rings. The van der Waals surface area contributed by atoms with Crippen molar-refractivity contribution in [1.82, 2.24) is 4.90 Å². The van der Waals surface area contributed by atoms with Crippen LogP contribution in [0.1, 0.15) is 18.4 Å². The third kappa shape index (κ3) is 3.42. The van der Waals surface area contributed by atoms with E-state index in [2.05, 4.69) is 5.32 Å². The van der Waals surface area contributed by atoms with Gasteiger partial charge in [-0.25, -0.2) is 4.79 Å². The van der Waals surface area contributed by atoms with E-state index in [1.54, 1.807) is 12.0 Å². The Kier molecular flexibility index (Phi) is 4.84. The van der Waals surface area contributed by atoms with Crippen LogP contribution in [0.15, 0.2) is 18.2 Å². The summed E-state index contributed by atoms with van der Waals surface area (Å²) >= 11 is 0. The van der Waals surface area contributed by atoms with Crippen LogP contribution in [-0.2, 0) is 0 Å². The molecule has 1 aromatic rings. The highest BCUT2D eigenvalue weighted by molar-refractivity contribution is 5.91. The molecule has 0 radical (unpaired) electrons. The van der Waals surface area contributed by atoms with E-state index in [9.17, 15) is 9.90 Å². The van der Waals surface area contributed by atoms with Gasteiger partial charge in [-0.3, -0.25) is 0 Å². The number of nitrogens with zero attached hydrogens (tertiary/aromatic N) is 1. The molecule has 0 saturated carbocycles. The van der Waals surface area contributed by atoms with Gasteiger partial charge in [-0.1, -0.05) is 6.07 Å². The number of likely N-dealkylation sites (tertiary alicyclic amines) is 1. The van der Waals surface area contributed by atoms with Gasteiger partial charge in [0.25, 0.3) is 0 Å². The van der Waals surface area contributed by atoms with E-state index in [4.69, 9.17) is 4.74 Å². The van der Waals surface area contributed by atoms with Crippen LogP contribution in [0.3, 0.4) is 0 Å². The smallest absolute Gasteiger partial charge is 0.321 e. The van der Waals surface area contributed by atoms with Gasteiger partial charge in [0, 0.05) is 19.7 Å². The number of aryl methyl sites for hydroxylation is 1. The van der Waals surface area contributed by atoms with Crippen molar-refractivity contribution in [3.63, 3.8) is 0 Å². The maximum Gasteiger partial charge on any atom is 0.321 e. The molecule has 0 bridgehead atoms. The summed E-state index contributed by atoms with van der Waals surface area (Å²) in [6.45, 7) is 3.45. The van der Waals surface area contributed by atoms with Gasteiger partial charge in [0.2, 0.25) is 0 Å². The van der Waals surface area contributed by atoms with Crippen molar-refractivity contribution in [2.45, 2.75) is 19.8 Å². The van der Waals surface area contributed by atoms with E-state index in [0.717, 1.165) is 24.9 Å². The molecule has 1 aromatic carbocycles. The number of carbonyl (C=O) groups excluding carboxylic acids is 1. The molecule has 0 spiro atoms. The van der Waals surface area contributed by atoms with Crippen molar-refractivity contribution in [3.8, 4) is 5.75 Å². The Labute approximate surface area is 119 Å². The van der Waals surface area contributed by atoms with Crippen molar-refractivity contribution in [1.29, 1.82) is 0 Å². The molecule has 1 unspecified atom stereocenters. The first-order valence-electron chi connectivity index (χ1n) is 6.95.